The highest BCUT2D eigenvalue weighted by Gasteiger charge is 1.98. The number of alkyl halides is 1. The highest BCUT2D eigenvalue weighted by Crippen LogP contribution is 2.11. The van der Waals surface area contributed by atoms with Crippen molar-refractivity contribution >= 4 is 28.5 Å². The Morgan fingerprint density at radius 3 is 1.65 bits per heavy atom. The van der Waals surface area contributed by atoms with E-state index in [0.29, 0.717) is 6.42 Å². The second kappa shape index (κ2) is 14.2. The van der Waals surface area contributed by atoms with Crippen LogP contribution in [-0.4, -0.2) is 15.5 Å². The number of hydrogen-bond acceptors (Lipinski definition) is 2. The Labute approximate surface area is 119 Å². The lowest BCUT2D eigenvalue weighted by Crippen LogP contribution is -2.17. The fourth-order valence-corrected chi connectivity index (χ4v) is 2.39. The Morgan fingerprint density at radius 1 is 0.824 bits per heavy atom. The quantitative estimate of drug-likeness (QED) is 0.181. The van der Waals surface area contributed by atoms with Crippen LogP contribution in [0.15, 0.2) is 0 Å². The van der Waals surface area contributed by atoms with Crippen molar-refractivity contribution in [1.82, 2.24) is 5.48 Å². The van der Waals surface area contributed by atoms with Crippen LogP contribution in [0.1, 0.15) is 70.6 Å². The van der Waals surface area contributed by atoms with Gasteiger partial charge >= 0.3 is 0 Å². The van der Waals surface area contributed by atoms with Gasteiger partial charge in [-0.2, -0.15) is 0 Å². The maximum Gasteiger partial charge on any atom is 0.243 e. The molecule has 0 unspecified atom stereocenters. The summed E-state index contributed by atoms with van der Waals surface area (Å²) in [7, 11) is 0. The first-order valence-electron chi connectivity index (χ1n) is 6.80. The van der Waals surface area contributed by atoms with E-state index in [1.807, 2.05) is 0 Å². The predicted molar refractivity (Wildman–Crippen MR) is 79.6 cm³/mol. The van der Waals surface area contributed by atoms with Crippen LogP contribution in [0, 0.1) is 0 Å². The van der Waals surface area contributed by atoms with Crippen LogP contribution < -0.4 is 5.48 Å². The van der Waals surface area contributed by atoms with E-state index in [1.54, 1.807) is 5.48 Å². The highest BCUT2D eigenvalue weighted by atomic mass is 127. The smallest absolute Gasteiger partial charge is 0.243 e. The first-order chi connectivity index (χ1) is 8.31. The average Bonchev–Trinajstić information content (AvgIpc) is 2.35. The molecule has 0 heterocycles. The number of carbonyl (C=O) groups excluding carboxylic acids is 1. The van der Waals surface area contributed by atoms with Gasteiger partial charge in [0, 0.05) is 6.42 Å². The van der Waals surface area contributed by atoms with Crippen LogP contribution in [0.4, 0.5) is 0 Å². The van der Waals surface area contributed by atoms with E-state index < -0.39 is 0 Å². The van der Waals surface area contributed by atoms with Gasteiger partial charge in [0.2, 0.25) is 5.91 Å². The molecule has 0 aliphatic carbocycles. The maximum absolute atomic E-state index is 10.7. The molecular formula is C13H26INO2. The van der Waals surface area contributed by atoms with Gasteiger partial charge in [-0.1, -0.05) is 74.0 Å². The number of amides is 1. The van der Waals surface area contributed by atoms with Crippen molar-refractivity contribution < 1.29 is 10.0 Å². The molecule has 1 amide bonds. The monoisotopic (exact) mass is 355 g/mol. The molecule has 0 atom stereocenters. The predicted octanol–water partition coefficient (Wildman–Crippen LogP) is 4.22. The molecule has 0 radical (unpaired) electrons. The lowest BCUT2D eigenvalue weighted by atomic mass is 10.1. The van der Waals surface area contributed by atoms with Gasteiger partial charge in [0.05, 0.1) is 0 Å². The Kier molecular flexibility index (Phi) is 14.4. The Bertz CT molecular complexity index is 177. The summed E-state index contributed by atoms with van der Waals surface area (Å²) in [5.41, 5.74) is 1.66. The number of hydroxylamine groups is 1. The van der Waals surface area contributed by atoms with Crippen LogP contribution in [0.2, 0.25) is 0 Å². The molecule has 0 saturated carbocycles. The van der Waals surface area contributed by atoms with Crippen molar-refractivity contribution in [3.63, 3.8) is 0 Å². The van der Waals surface area contributed by atoms with Gasteiger partial charge in [0.25, 0.3) is 0 Å². The maximum atomic E-state index is 10.7. The average molecular weight is 355 g/mol. The molecule has 3 nitrogen and oxygen atoms in total. The summed E-state index contributed by atoms with van der Waals surface area (Å²) >= 11 is 2.44. The third-order valence-electron chi connectivity index (χ3n) is 2.91. The van der Waals surface area contributed by atoms with Crippen molar-refractivity contribution in [2.45, 2.75) is 70.6 Å². The zero-order valence-electron chi connectivity index (χ0n) is 10.7. The molecule has 17 heavy (non-hydrogen) atoms. The fraction of sp³-hybridized carbons (Fsp3) is 0.923. The molecule has 0 aliphatic rings. The van der Waals surface area contributed by atoms with E-state index in [0.717, 1.165) is 12.8 Å². The second-order valence-corrected chi connectivity index (χ2v) is 5.59. The molecule has 102 valence electrons. The fourth-order valence-electron chi connectivity index (χ4n) is 1.85. The highest BCUT2D eigenvalue weighted by molar-refractivity contribution is 14.1. The van der Waals surface area contributed by atoms with E-state index in [1.165, 1.54) is 55.8 Å². The molecule has 0 aromatic rings. The number of hydrogen-bond donors (Lipinski definition) is 2. The van der Waals surface area contributed by atoms with E-state index in [9.17, 15) is 4.79 Å². The molecule has 0 aliphatic heterocycles. The summed E-state index contributed by atoms with van der Waals surface area (Å²) in [6.45, 7) is 0. The van der Waals surface area contributed by atoms with Crippen LogP contribution in [0.3, 0.4) is 0 Å². The van der Waals surface area contributed by atoms with Crippen LogP contribution in [-0.2, 0) is 4.79 Å². The van der Waals surface area contributed by atoms with Gasteiger partial charge in [0.15, 0.2) is 0 Å². The number of halogens is 1. The van der Waals surface area contributed by atoms with Crippen molar-refractivity contribution in [3.8, 4) is 0 Å². The molecule has 0 rings (SSSR count). The Morgan fingerprint density at radius 2 is 1.24 bits per heavy atom. The molecule has 4 heteroatoms. The van der Waals surface area contributed by atoms with E-state index >= 15 is 0 Å². The molecule has 0 aromatic carbocycles. The first kappa shape index (κ1) is 17.2. The summed E-state index contributed by atoms with van der Waals surface area (Å²) in [5, 5.41) is 8.30. The first-order valence-corrected chi connectivity index (χ1v) is 8.32. The van der Waals surface area contributed by atoms with Gasteiger partial charge in [-0.25, -0.2) is 5.48 Å². The molecule has 0 saturated heterocycles. The van der Waals surface area contributed by atoms with Crippen molar-refractivity contribution in [2.75, 3.05) is 4.43 Å². The van der Waals surface area contributed by atoms with E-state index in [4.69, 9.17) is 5.21 Å². The minimum Gasteiger partial charge on any atom is -0.289 e. The number of rotatable bonds is 12. The summed E-state index contributed by atoms with van der Waals surface area (Å²) < 4.78 is 1.29. The van der Waals surface area contributed by atoms with Crippen LogP contribution >= 0.6 is 22.6 Å². The van der Waals surface area contributed by atoms with Gasteiger partial charge in [-0.3, -0.25) is 10.0 Å². The number of unbranched alkanes of at least 4 members (excludes halogenated alkanes) is 9. The van der Waals surface area contributed by atoms with Crippen molar-refractivity contribution in [1.29, 1.82) is 0 Å². The summed E-state index contributed by atoms with van der Waals surface area (Å²) in [6, 6.07) is 0. The van der Waals surface area contributed by atoms with Gasteiger partial charge < -0.3 is 0 Å². The summed E-state index contributed by atoms with van der Waals surface area (Å²) in [4.78, 5) is 10.7. The summed E-state index contributed by atoms with van der Waals surface area (Å²) in [6.07, 6.45) is 13.2. The number of carbonyl (C=O) groups is 1. The third kappa shape index (κ3) is 14.1. The normalized spacial score (nSPS) is 10.5. The third-order valence-corrected chi connectivity index (χ3v) is 3.67. The van der Waals surface area contributed by atoms with Crippen LogP contribution in [0.5, 0.6) is 0 Å². The lowest BCUT2D eigenvalue weighted by Gasteiger charge is -2.02. The summed E-state index contributed by atoms with van der Waals surface area (Å²) in [5.74, 6) is -0.264. The van der Waals surface area contributed by atoms with Gasteiger partial charge in [-0.15, -0.1) is 0 Å². The molecule has 0 spiro atoms. The van der Waals surface area contributed by atoms with Crippen molar-refractivity contribution in [3.05, 3.63) is 0 Å². The molecule has 2 N–H and O–H groups in total. The Hall–Kier alpha value is 0.160. The molecule has 0 fully saturated rings. The largest absolute Gasteiger partial charge is 0.289 e. The lowest BCUT2D eigenvalue weighted by molar-refractivity contribution is -0.129. The minimum absolute atomic E-state index is 0.264. The molecule has 0 aromatic heterocycles. The number of nitrogens with one attached hydrogen (secondary N) is 1. The van der Waals surface area contributed by atoms with E-state index in [-0.39, 0.29) is 5.91 Å². The van der Waals surface area contributed by atoms with E-state index in [2.05, 4.69) is 22.6 Å². The van der Waals surface area contributed by atoms with Crippen LogP contribution in [0.25, 0.3) is 0 Å². The second-order valence-electron chi connectivity index (χ2n) is 4.51. The Balaban J connectivity index is 2.96. The zero-order valence-corrected chi connectivity index (χ0v) is 12.9. The van der Waals surface area contributed by atoms with Crippen molar-refractivity contribution in [2.24, 2.45) is 0 Å². The van der Waals surface area contributed by atoms with Gasteiger partial charge in [-0.05, 0) is 17.3 Å². The van der Waals surface area contributed by atoms with Gasteiger partial charge in [0.1, 0.15) is 0 Å². The molecular weight excluding hydrogens is 329 g/mol. The minimum atomic E-state index is -0.264. The topological polar surface area (TPSA) is 49.3 Å². The molecule has 0 bridgehead atoms. The zero-order chi connectivity index (χ0) is 12.8. The SMILES string of the molecule is O=C(CCCCCCCCCCCCI)NO. The standard InChI is InChI=1S/C13H26INO2/c14-12-10-8-6-4-2-1-3-5-7-9-11-13(16)15-17/h17H,1-12H2,(H,15,16).